The molecule has 0 aliphatic rings. The van der Waals surface area contributed by atoms with Crippen LogP contribution in [-0.4, -0.2) is 28.2 Å². The molecular formula is C24H19Cl2N3O4S. The molecule has 0 fully saturated rings. The highest BCUT2D eigenvalue weighted by molar-refractivity contribution is 7.80. The molecule has 0 radical (unpaired) electrons. The minimum atomic E-state index is -0.559. The Morgan fingerprint density at radius 3 is 2.62 bits per heavy atom. The van der Waals surface area contributed by atoms with E-state index in [2.05, 4.69) is 15.6 Å². The van der Waals surface area contributed by atoms with Crippen LogP contribution in [0.25, 0.3) is 22.6 Å². The molecule has 0 aliphatic carbocycles. The van der Waals surface area contributed by atoms with Gasteiger partial charge in [-0.15, -0.1) is 0 Å². The molecule has 4 aromatic rings. The number of rotatable bonds is 4. The number of oxazole rings is 1. The summed E-state index contributed by atoms with van der Waals surface area (Å²) in [6.45, 7) is 3.93. The molecule has 7 nitrogen and oxygen atoms in total. The van der Waals surface area contributed by atoms with Gasteiger partial charge in [-0.1, -0.05) is 29.3 Å². The number of hydrogen-bond donors (Lipinski definition) is 3. The van der Waals surface area contributed by atoms with Crippen molar-refractivity contribution in [3.8, 4) is 23.0 Å². The smallest absolute Gasteiger partial charge is 0.261 e. The standard InChI is InChI=1S/C24H19Cl2N3O4S/c1-11-6-12(2)20-18(7-11)28-23(33-20)15-5-4-14(10-19(15)30)27-24(34)29-22(31)16-8-13(25)9-17(26)21(16)32-3/h4-10,30H,1-3H3,(H2,27,29,31,34). The number of phenolic OH excluding ortho intramolecular Hbond substituents is 1. The van der Waals surface area contributed by atoms with Gasteiger partial charge in [0.1, 0.15) is 17.0 Å². The van der Waals surface area contributed by atoms with Crippen LogP contribution in [0.15, 0.2) is 46.9 Å². The maximum Gasteiger partial charge on any atom is 0.261 e. The Kier molecular flexibility index (Phi) is 6.65. The number of amides is 1. The quantitative estimate of drug-likeness (QED) is 0.276. The first-order valence-electron chi connectivity index (χ1n) is 10.0. The molecule has 1 amide bonds. The number of carbonyl (C=O) groups is 1. The van der Waals surface area contributed by atoms with Crippen LogP contribution in [0.5, 0.6) is 11.5 Å². The van der Waals surface area contributed by atoms with E-state index in [9.17, 15) is 9.90 Å². The number of aromatic nitrogens is 1. The first-order chi connectivity index (χ1) is 16.2. The second-order valence-electron chi connectivity index (χ2n) is 7.56. The van der Waals surface area contributed by atoms with Crippen molar-refractivity contribution in [1.82, 2.24) is 10.3 Å². The first-order valence-corrected chi connectivity index (χ1v) is 11.2. The Balaban J connectivity index is 1.51. The summed E-state index contributed by atoms with van der Waals surface area (Å²) >= 11 is 17.3. The van der Waals surface area contributed by atoms with Gasteiger partial charge < -0.3 is 19.6 Å². The van der Waals surface area contributed by atoms with Crippen LogP contribution in [0.4, 0.5) is 5.69 Å². The lowest BCUT2D eigenvalue weighted by Crippen LogP contribution is -2.34. The van der Waals surface area contributed by atoms with Gasteiger partial charge in [0.25, 0.3) is 5.91 Å². The molecule has 1 heterocycles. The molecule has 0 aliphatic heterocycles. The lowest BCUT2D eigenvalue weighted by Gasteiger charge is -2.13. The van der Waals surface area contributed by atoms with E-state index < -0.39 is 5.91 Å². The molecule has 0 bridgehead atoms. The molecule has 0 unspecified atom stereocenters. The van der Waals surface area contributed by atoms with E-state index in [0.717, 1.165) is 16.6 Å². The monoisotopic (exact) mass is 515 g/mol. The lowest BCUT2D eigenvalue weighted by atomic mass is 10.1. The van der Waals surface area contributed by atoms with Crippen molar-refractivity contribution < 1.29 is 19.1 Å². The minimum Gasteiger partial charge on any atom is -0.507 e. The van der Waals surface area contributed by atoms with Crippen LogP contribution >= 0.6 is 35.4 Å². The molecule has 174 valence electrons. The van der Waals surface area contributed by atoms with Crippen molar-refractivity contribution in [2.45, 2.75) is 13.8 Å². The van der Waals surface area contributed by atoms with Crippen LogP contribution in [0, 0.1) is 13.8 Å². The molecule has 0 spiro atoms. The zero-order chi connectivity index (χ0) is 24.6. The number of halogens is 2. The van der Waals surface area contributed by atoms with Crippen LogP contribution in [0.1, 0.15) is 21.5 Å². The molecule has 34 heavy (non-hydrogen) atoms. The van der Waals surface area contributed by atoms with E-state index >= 15 is 0 Å². The number of nitrogens with one attached hydrogen (secondary N) is 2. The summed E-state index contributed by atoms with van der Waals surface area (Å²) in [5.41, 5.74) is 4.42. The van der Waals surface area contributed by atoms with E-state index in [1.54, 1.807) is 12.1 Å². The number of aryl methyl sites for hydroxylation is 2. The van der Waals surface area contributed by atoms with Gasteiger partial charge in [-0.25, -0.2) is 4.98 Å². The lowest BCUT2D eigenvalue weighted by molar-refractivity contribution is 0.0974. The summed E-state index contributed by atoms with van der Waals surface area (Å²) in [7, 11) is 1.39. The summed E-state index contributed by atoms with van der Waals surface area (Å²) in [6.07, 6.45) is 0. The molecule has 0 saturated carbocycles. The van der Waals surface area contributed by atoms with Crippen molar-refractivity contribution in [3.63, 3.8) is 0 Å². The third kappa shape index (κ3) is 4.79. The number of hydrogen-bond acceptors (Lipinski definition) is 6. The van der Waals surface area contributed by atoms with Crippen molar-refractivity contribution in [3.05, 3.63) is 69.2 Å². The molecular weight excluding hydrogens is 497 g/mol. The van der Waals surface area contributed by atoms with Gasteiger partial charge in [-0.2, -0.15) is 0 Å². The Bertz CT molecular complexity index is 1450. The van der Waals surface area contributed by atoms with Crippen molar-refractivity contribution in [2.75, 3.05) is 12.4 Å². The Labute approximate surface area is 210 Å². The number of thiocarbonyl (C=S) groups is 1. The summed E-state index contributed by atoms with van der Waals surface area (Å²) in [5.74, 6) is -0.147. The largest absolute Gasteiger partial charge is 0.507 e. The molecule has 0 atom stereocenters. The molecule has 3 N–H and O–H groups in total. The van der Waals surface area contributed by atoms with Gasteiger partial charge in [0.2, 0.25) is 5.89 Å². The van der Waals surface area contributed by atoms with Crippen molar-refractivity contribution in [2.24, 2.45) is 0 Å². The summed E-state index contributed by atoms with van der Waals surface area (Å²) in [4.78, 5) is 17.2. The Morgan fingerprint density at radius 1 is 1.15 bits per heavy atom. The number of carbonyl (C=O) groups excluding carboxylic acids is 1. The van der Waals surface area contributed by atoms with Gasteiger partial charge in [0, 0.05) is 16.8 Å². The second kappa shape index (κ2) is 9.50. The van der Waals surface area contributed by atoms with Gasteiger partial charge >= 0.3 is 0 Å². The van der Waals surface area contributed by atoms with Crippen molar-refractivity contribution in [1.29, 1.82) is 0 Å². The zero-order valence-corrected chi connectivity index (χ0v) is 20.7. The highest BCUT2D eigenvalue weighted by atomic mass is 35.5. The number of phenols is 1. The third-order valence-electron chi connectivity index (χ3n) is 4.99. The van der Waals surface area contributed by atoms with Gasteiger partial charge in [-0.05, 0) is 67.5 Å². The minimum absolute atomic E-state index is 0.00302. The predicted octanol–water partition coefficient (Wildman–Crippen LogP) is 6.26. The number of benzene rings is 3. The van der Waals surface area contributed by atoms with Crippen LogP contribution in [0.3, 0.4) is 0 Å². The highest BCUT2D eigenvalue weighted by Crippen LogP contribution is 2.35. The van der Waals surface area contributed by atoms with Crippen LogP contribution in [0.2, 0.25) is 10.0 Å². The van der Waals surface area contributed by atoms with Crippen molar-refractivity contribution >= 4 is 63.2 Å². The number of nitrogens with zero attached hydrogens (tertiary/aromatic N) is 1. The van der Waals surface area contributed by atoms with Gasteiger partial charge in [0.15, 0.2) is 10.7 Å². The Morgan fingerprint density at radius 2 is 1.91 bits per heavy atom. The zero-order valence-electron chi connectivity index (χ0n) is 18.3. The number of methoxy groups -OCH3 is 1. The summed E-state index contributed by atoms with van der Waals surface area (Å²) < 4.78 is 11.1. The summed E-state index contributed by atoms with van der Waals surface area (Å²) in [6, 6.07) is 11.6. The number of anilines is 1. The fourth-order valence-electron chi connectivity index (χ4n) is 3.55. The summed E-state index contributed by atoms with van der Waals surface area (Å²) in [5, 5.41) is 16.5. The van der Waals surface area contributed by atoms with Gasteiger partial charge in [-0.3, -0.25) is 10.1 Å². The predicted molar refractivity (Wildman–Crippen MR) is 137 cm³/mol. The van der Waals surface area contributed by atoms with Gasteiger partial charge in [0.05, 0.1) is 23.3 Å². The second-order valence-corrected chi connectivity index (χ2v) is 8.81. The SMILES string of the molecule is COc1c(Cl)cc(Cl)cc1C(=O)NC(=S)Nc1ccc(-c2nc3cc(C)cc(C)c3o2)c(O)c1. The normalized spacial score (nSPS) is 10.9. The molecule has 3 aromatic carbocycles. The maximum atomic E-state index is 12.7. The number of aromatic hydroxyl groups is 1. The average molecular weight is 516 g/mol. The van der Waals surface area contributed by atoms with E-state index in [-0.39, 0.29) is 32.2 Å². The van der Waals surface area contributed by atoms with E-state index in [1.165, 1.54) is 25.3 Å². The van der Waals surface area contributed by atoms with Crippen LogP contribution in [-0.2, 0) is 0 Å². The molecule has 4 rings (SSSR count). The number of fused-ring (bicyclic) bond motifs is 1. The van der Waals surface area contributed by atoms with E-state index in [0.29, 0.717) is 22.7 Å². The number of ether oxygens (including phenoxy) is 1. The first kappa shape index (κ1) is 23.8. The molecule has 0 saturated heterocycles. The maximum absolute atomic E-state index is 12.7. The highest BCUT2D eigenvalue weighted by Gasteiger charge is 2.19. The topological polar surface area (TPSA) is 96.6 Å². The fraction of sp³-hybridized carbons (Fsp3) is 0.125. The van der Waals surface area contributed by atoms with E-state index in [4.69, 9.17) is 44.6 Å². The third-order valence-corrected chi connectivity index (χ3v) is 5.69. The molecule has 10 heteroatoms. The van der Waals surface area contributed by atoms with Crippen LogP contribution < -0.4 is 15.4 Å². The molecule has 1 aromatic heterocycles. The fourth-order valence-corrected chi connectivity index (χ4v) is 4.33. The van der Waals surface area contributed by atoms with E-state index in [1.807, 2.05) is 26.0 Å². The average Bonchev–Trinajstić information content (AvgIpc) is 3.17. The Hall–Kier alpha value is -3.33.